The van der Waals surface area contributed by atoms with Crippen molar-refractivity contribution in [3.05, 3.63) is 24.2 Å². The average Bonchev–Trinajstić information content (AvgIpc) is 2.87. The van der Waals surface area contributed by atoms with Crippen LogP contribution in [-0.4, -0.2) is 45.2 Å². The van der Waals surface area contributed by atoms with E-state index in [0.29, 0.717) is 5.76 Å². The zero-order valence-corrected chi connectivity index (χ0v) is 12.9. The number of hydrogen-bond donors (Lipinski definition) is 1. The van der Waals surface area contributed by atoms with Crippen LogP contribution in [0.1, 0.15) is 51.1 Å². The molecule has 1 aliphatic heterocycles. The predicted molar refractivity (Wildman–Crippen MR) is 75.6 cm³/mol. The lowest BCUT2D eigenvalue weighted by Gasteiger charge is -2.53. The maximum atomic E-state index is 12.4. The van der Waals surface area contributed by atoms with Gasteiger partial charge in [-0.15, -0.1) is 0 Å². The summed E-state index contributed by atoms with van der Waals surface area (Å²) in [5.74, 6) is 0.243. The minimum Gasteiger partial charge on any atom is -0.459 e. The van der Waals surface area contributed by atoms with Gasteiger partial charge < -0.3 is 14.5 Å². The quantitative estimate of drug-likeness (QED) is 0.905. The van der Waals surface area contributed by atoms with Gasteiger partial charge in [0.1, 0.15) is 0 Å². The summed E-state index contributed by atoms with van der Waals surface area (Å²) in [4.78, 5) is 14.1. The number of piperidine rings is 1. The van der Waals surface area contributed by atoms with Crippen molar-refractivity contribution in [1.29, 1.82) is 0 Å². The molecule has 1 fully saturated rings. The van der Waals surface area contributed by atoms with Gasteiger partial charge in [-0.2, -0.15) is 5.06 Å². The van der Waals surface area contributed by atoms with Gasteiger partial charge in [0.05, 0.1) is 6.26 Å². The maximum Gasteiger partial charge on any atom is 0.289 e. The Morgan fingerprint density at radius 1 is 1.35 bits per heavy atom. The second-order valence-electron chi connectivity index (χ2n) is 6.89. The third-order valence-corrected chi connectivity index (χ3v) is 4.22. The second-order valence-corrected chi connectivity index (χ2v) is 6.89. The van der Waals surface area contributed by atoms with Crippen LogP contribution in [0.15, 0.2) is 22.8 Å². The molecular weight excluding hydrogens is 256 g/mol. The summed E-state index contributed by atoms with van der Waals surface area (Å²) in [5, 5.41) is 11.7. The molecule has 1 aromatic heterocycles. The minimum atomic E-state index is -0.371. The molecule has 20 heavy (non-hydrogen) atoms. The molecule has 2 rings (SSSR count). The minimum absolute atomic E-state index is 0.0704. The maximum absolute atomic E-state index is 12.4. The van der Waals surface area contributed by atoms with Crippen LogP contribution < -0.4 is 0 Å². The predicted octanol–water partition coefficient (Wildman–Crippen LogP) is 2.76. The molecule has 1 saturated heterocycles. The number of carbonyl (C=O) groups is 1. The molecular formula is C15H24N2O3. The van der Waals surface area contributed by atoms with Crippen LogP contribution in [0.2, 0.25) is 0 Å². The normalized spacial score (nSPS) is 22.7. The van der Waals surface area contributed by atoms with E-state index in [-0.39, 0.29) is 23.0 Å². The lowest BCUT2D eigenvalue weighted by Crippen LogP contribution is -2.63. The summed E-state index contributed by atoms with van der Waals surface area (Å²) in [6.45, 7) is 7.97. The van der Waals surface area contributed by atoms with Gasteiger partial charge >= 0.3 is 0 Å². The highest BCUT2D eigenvalue weighted by atomic mass is 16.5. The molecule has 0 radical (unpaired) electrons. The van der Waals surface area contributed by atoms with E-state index in [1.54, 1.807) is 24.1 Å². The van der Waals surface area contributed by atoms with Crippen LogP contribution in [0.4, 0.5) is 0 Å². The summed E-state index contributed by atoms with van der Waals surface area (Å²) in [6.07, 6.45) is 2.94. The number of hydrogen-bond acceptors (Lipinski definition) is 4. The van der Waals surface area contributed by atoms with Crippen LogP contribution in [0.3, 0.4) is 0 Å². The number of carbonyl (C=O) groups excluding carboxylic acids is 1. The molecule has 0 spiro atoms. The number of furan rings is 1. The van der Waals surface area contributed by atoms with E-state index in [1.165, 1.54) is 11.3 Å². The largest absolute Gasteiger partial charge is 0.459 e. The fraction of sp³-hybridized carbons (Fsp3) is 0.667. The third kappa shape index (κ3) is 2.60. The Labute approximate surface area is 120 Å². The van der Waals surface area contributed by atoms with Crippen molar-refractivity contribution in [2.24, 2.45) is 0 Å². The Bertz CT molecular complexity index is 461. The van der Waals surface area contributed by atoms with Gasteiger partial charge in [-0.05, 0) is 52.7 Å². The Morgan fingerprint density at radius 2 is 1.90 bits per heavy atom. The first-order valence-electron chi connectivity index (χ1n) is 6.95. The average molecular weight is 280 g/mol. The monoisotopic (exact) mass is 280 g/mol. The van der Waals surface area contributed by atoms with Gasteiger partial charge in [-0.25, -0.2) is 0 Å². The van der Waals surface area contributed by atoms with Crippen molar-refractivity contribution in [1.82, 2.24) is 9.96 Å². The van der Waals surface area contributed by atoms with Crippen molar-refractivity contribution in [3.63, 3.8) is 0 Å². The van der Waals surface area contributed by atoms with Gasteiger partial charge in [0.2, 0.25) is 0 Å². The fourth-order valence-corrected chi connectivity index (χ4v) is 3.23. The highest BCUT2D eigenvalue weighted by Gasteiger charge is 2.46. The van der Waals surface area contributed by atoms with Crippen molar-refractivity contribution in [3.8, 4) is 0 Å². The van der Waals surface area contributed by atoms with Gasteiger partial charge in [-0.1, -0.05) is 0 Å². The molecule has 5 nitrogen and oxygen atoms in total. The Morgan fingerprint density at radius 3 is 2.35 bits per heavy atom. The van der Waals surface area contributed by atoms with E-state index in [9.17, 15) is 10.0 Å². The molecule has 1 N–H and O–H groups in total. The van der Waals surface area contributed by atoms with Crippen molar-refractivity contribution in [2.75, 3.05) is 7.05 Å². The highest BCUT2D eigenvalue weighted by Crippen LogP contribution is 2.38. The molecule has 0 aromatic carbocycles. The first-order chi connectivity index (χ1) is 9.15. The molecule has 2 heterocycles. The standard InChI is InChI=1S/C15H24N2O3/c1-14(2)9-11(10-15(3,4)17(14)19)16(5)13(18)12-7-6-8-20-12/h6-8,11,19H,9-10H2,1-5H3. The van der Waals surface area contributed by atoms with Crippen LogP contribution >= 0.6 is 0 Å². The zero-order chi connectivity index (χ0) is 15.1. The van der Waals surface area contributed by atoms with E-state index in [1.807, 2.05) is 27.7 Å². The van der Waals surface area contributed by atoms with Crippen LogP contribution in [0.25, 0.3) is 0 Å². The van der Waals surface area contributed by atoms with Crippen molar-refractivity contribution in [2.45, 2.75) is 57.7 Å². The van der Waals surface area contributed by atoms with Crippen LogP contribution in [0.5, 0.6) is 0 Å². The first kappa shape index (κ1) is 15.1. The van der Waals surface area contributed by atoms with E-state index < -0.39 is 0 Å². The molecule has 112 valence electrons. The lowest BCUT2D eigenvalue weighted by molar-refractivity contribution is -0.249. The Hall–Kier alpha value is -1.33. The topological polar surface area (TPSA) is 56.9 Å². The van der Waals surface area contributed by atoms with Crippen LogP contribution in [-0.2, 0) is 0 Å². The van der Waals surface area contributed by atoms with E-state index >= 15 is 0 Å². The summed E-state index contributed by atoms with van der Waals surface area (Å²) in [6, 6.07) is 3.46. The van der Waals surface area contributed by atoms with E-state index in [0.717, 1.165) is 12.8 Å². The molecule has 0 atom stereocenters. The summed E-state index contributed by atoms with van der Waals surface area (Å²) < 4.78 is 5.18. The Balaban J connectivity index is 2.19. The molecule has 0 aliphatic carbocycles. The Kier molecular flexibility index (Phi) is 3.69. The molecule has 1 aliphatic rings. The summed E-state index contributed by atoms with van der Waals surface area (Å²) in [7, 11) is 1.80. The number of rotatable bonds is 2. The van der Waals surface area contributed by atoms with Crippen molar-refractivity contribution >= 4 is 5.91 Å². The summed E-state index contributed by atoms with van der Waals surface area (Å²) >= 11 is 0. The summed E-state index contributed by atoms with van der Waals surface area (Å²) in [5.41, 5.74) is -0.742. The molecule has 0 unspecified atom stereocenters. The lowest BCUT2D eigenvalue weighted by atomic mass is 9.78. The second kappa shape index (κ2) is 4.90. The molecule has 1 amide bonds. The highest BCUT2D eigenvalue weighted by molar-refractivity contribution is 5.91. The first-order valence-corrected chi connectivity index (χ1v) is 6.95. The van der Waals surface area contributed by atoms with Gasteiger partial charge in [-0.3, -0.25) is 4.79 Å². The smallest absolute Gasteiger partial charge is 0.289 e. The van der Waals surface area contributed by atoms with Crippen molar-refractivity contribution < 1.29 is 14.4 Å². The SMILES string of the molecule is CN(C(=O)c1ccco1)C1CC(C)(C)N(O)C(C)(C)C1. The van der Waals surface area contributed by atoms with Gasteiger partial charge in [0.25, 0.3) is 5.91 Å². The molecule has 5 heteroatoms. The number of hydroxylamine groups is 2. The molecule has 1 aromatic rings. The van der Waals surface area contributed by atoms with Gasteiger partial charge in [0.15, 0.2) is 5.76 Å². The third-order valence-electron chi connectivity index (χ3n) is 4.22. The molecule has 0 saturated carbocycles. The van der Waals surface area contributed by atoms with Crippen LogP contribution in [0, 0.1) is 0 Å². The van der Waals surface area contributed by atoms with E-state index in [4.69, 9.17) is 4.42 Å². The number of amides is 1. The number of nitrogens with zero attached hydrogens (tertiary/aromatic N) is 2. The van der Waals surface area contributed by atoms with E-state index in [2.05, 4.69) is 0 Å². The zero-order valence-electron chi connectivity index (χ0n) is 12.9. The fourth-order valence-electron chi connectivity index (χ4n) is 3.23. The van der Waals surface area contributed by atoms with Gasteiger partial charge in [0, 0.05) is 24.2 Å². The molecule has 0 bridgehead atoms.